The molecular weight excluding hydrogens is 288 g/mol. The number of nitrogens with one attached hydrogen (secondary N) is 1. The summed E-state index contributed by atoms with van der Waals surface area (Å²) < 4.78 is 0. The molecule has 1 N–H and O–H groups in total. The number of nitrogens with zero attached hydrogens (tertiary/aromatic N) is 3. The number of likely N-dealkylation sites (N-methyl/N-ethyl adjacent to an activating group) is 1. The third kappa shape index (κ3) is 5.44. The van der Waals surface area contributed by atoms with E-state index in [0.717, 1.165) is 12.1 Å². The van der Waals surface area contributed by atoms with Crippen LogP contribution < -0.4 is 5.32 Å². The van der Waals surface area contributed by atoms with Gasteiger partial charge in [-0.05, 0) is 42.3 Å². The normalized spacial score (nSPS) is 9.91. The summed E-state index contributed by atoms with van der Waals surface area (Å²) in [6, 6.07) is 13.3. The minimum absolute atomic E-state index is 0.1000. The molecule has 0 atom stereocenters. The van der Waals surface area contributed by atoms with Crippen LogP contribution in [0, 0.1) is 11.3 Å². The molecular formula is C18H20N4O. The van der Waals surface area contributed by atoms with E-state index in [1.165, 1.54) is 5.56 Å². The fourth-order valence-corrected chi connectivity index (χ4v) is 2.17. The van der Waals surface area contributed by atoms with Gasteiger partial charge in [0.25, 0.3) is 0 Å². The molecule has 0 saturated heterocycles. The molecule has 0 aliphatic heterocycles. The van der Waals surface area contributed by atoms with Crippen molar-refractivity contribution in [1.82, 2.24) is 9.88 Å². The Bertz CT molecular complexity index is 679. The molecule has 5 nitrogen and oxygen atoms in total. The van der Waals surface area contributed by atoms with Gasteiger partial charge in [0, 0.05) is 44.6 Å². The number of nitriles is 1. The second-order valence-electron chi connectivity index (χ2n) is 5.29. The van der Waals surface area contributed by atoms with Crippen molar-refractivity contribution in [3.8, 4) is 6.07 Å². The average Bonchev–Trinajstić information content (AvgIpc) is 2.60. The number of carbonyl (C=O) groups is 1. The van der Waals surface area contributed by atoms with E-state index in [2.05, 4.69) is 16.4 Å². The van der Waals surface area contributed by atoms with Gasteiger partial charge < -0.3 is 10.2 Å². The zero-order chi connectivity index (χ0) is 16.5. The van der Waals surface area contributed by atoms with E-state index in [1.807, 2.05) is 31.3 Å². The number of amides is 1. The zero-order valence-electron chi connectivity index (χ0n) is 13.2. The number of anilines is 1. The standard InChI is InChI=1S/C18H20N4O/c1-22(12-8-15-5-9-20-10-6-15)18(23)7-11-21-17-4-2-3-16(13-17)14-19/h2-6,9-10,13,21H,7-8,11-12H2,1H3. The van der Waals surface area contributed by atoms with Gasteiger partial charge in [0.2, 0.25) is 5.91 Å². The number of hydrogen-bond donors (Lipinski definition) is 1. The molecule has 2 aromatic rings. The first kappa shape index (κ1) is 16.5. The van der Waals surface area contributed by atoms with Crippen molar-refractivity contribution in [1.29, 1.82) is 5.26 Å². The van der Waals surface area contributed by atoms with Crippen LogP contribution >= 0.6 is 0 Å². The van der Waals surface area contributed by atoms with Gasteiger partial charge in [0.05, 0.1) is 11.6 Å². The quantitative estimate of drug-likeness (QED) is 0.853. The Hall–Kier alpha value is -2.87. The van der Waals surface area contributed by atoms with E-state index < -0.39 is 0 Å². The Morgan fingerprint density at radius 3 is 2.83 bits per heavy atom. The first-order valence-corrected chi connectivity index (χ1v) is 7.56. The van der Waals surface area contributed by atoms with E-state index >= 15 is 0 Å². The Morgan fingerprint density at radius 1 is 1.30 bits per heavy atom. The topological polar surface area (TPSA) is 69.0 Å². The maximum Gasteiger partial charge on any atom is 0.224 e. The predicted octanol–water partition coefficient (Wildman–Crippen LogP) is 2.46. The third-order valence-corrected chi connectivity index (χ3v) is 3.57. The number of rotatable bonds is 7. The lowest BCUT2D eigenvalue weighted by Crippen LogP contribution is -2.30. The Kier molecular flexibility index (Phi) is 6.13. The summed E-state index contributed by atoms with van der Waals surface area (Å²) in [6.07, 6.45) is 4.76. The monoisotopic (exact) mass is 308 g/mol. The van der Waals surface area contributed by atoms with E-state index in [4.69, 9.17) is 5.26 Å². The largest absolute Gasteiger partial charge is 0.384 e. The highest BCUT2D eigenvalue weighted by Gasteiger charge is 2.08. The molecule has 1 aromatic heterocycles. The number of pyridine rings is 1. The lowest BCUT2D eigenvalue weighted by Gasteiger charge is -2.17. The van der Waals surface area contributed by atoms with E-state index in [-0.39, 0.29) is 5.91 Å². The lowest BCUT2D eigenvalue weighted by atomic mass is 10.2. The van der Waals surface area contributed by atoms with Crippen LogP contribution in [0.25, 0.3) is 0 Å². The van der Waals surface area contributed by atoms with Gasteiger partial charge in [-0.25, -0.2) is 0 Å². The average molecular weight is 308 g/mol. The Balaban J connectivity index is 1.72. The first-order valence-electron chi connectivity index (χ1n) is 7.56. The second kappa shape index (κ2) is 8.54. The smallest absolute Gasteiger partial charge is 0.224 e. The molecule has 23 heavy (non-hydrogen) atoms. The zero-order valence-corrected chi connectivity index (χ0v) is 13.2. The van der Waals surface area contributed by atoms with Crippen LogP contribution in [0.4, 0.5) is 5.69 Å². The molecule has 1 aromatic carbocycles. The summed E-state index contributed by atoms with van der Waals surface area (Å²) in [6.45, 7) is 1.24. The van der Waals surface area contributed by atoms with Crippen LogP contribution in [-0.2, 0) is 11.2 Å². The SMILES string of the molecule is CN(CCc1ccncc1)C(=O)CCNc1cccc(C#N)c1. The predicted molar refractivity (Wildman–Crippen MR) is 89.8 cm³/mol. The van der Waals surface area contributed by atoms with Crippen LogP contribution in [0.5, 0.6) is 0 Å². The molecule has 5 heteroatoms. The van der Waals surface area contributed by atoms with Crippen molar-refractivity contribution < 1.29 is 4.79 Å². The summed E-state index contributed by atoms with van der Waals surface area (Å²) in [4.78, 5) is 17.8. The molecule has 0 aliphatic carbocycles. The minimum atomic E-state index is 0.1000. The molecule has 0 radical (unpaired) electrons. The molecule has 118 valence electrons. The molecule has 0 saturated carbocycles. The summed E-state index contributed by atoms with van der Waals surface area (Å²) in [5.74, 6) is 0.1000. The van der Waals surface area contributed by atoms with Crippen molar-refractivity contribution >= 4 is 11.6 Å². The number of hydrogen-bond acceptors (Lipinski definition) is 4. The molecule has 2 rings (SSSR count). The van der Waals surface area contributed by atoms with E-state index in [9.17, 15) is 4.79 Å². The first-order chi connectivity index (χ1) is 11.2. The van der Waals surface area contributed by atoms with Crippen LogP contribution in [0.3, 0.4) is 0 Å². The Labute approximate surface area is 136 Å². The van der Waals surface area contributed by atoms with E-state index in [1.54, 1.807) is 29.4 Å². The fourth-order valence-electron chi connectivity index (χ4n) is 2.17. The van der Waals surface area contributed by atoms with Crippen molar-refractivity contribution in [2.24, 2.45) is 0 Å². The highest BCUT2D eigenvalue weighted by molar-refractivity contribution is 5.76. The lowest BCUT2D eigenvalue weighted by molar-refractivity contribution is -0.129. The highest BCUT2D eigenvalue weighted by Crippen LogP contribution is 2.09. The van der Waals surface area contributed by atoms with E-state index in [0.29, 0.717) is 25.1 Å². The summed E-state index contributed by atoms with van der Waals surface area (Å²) in [7, 11) is 1.82. The van der Waals surface area contributed by atoms with Gasteiger partial charge in [-0.2, -0.15) is 5.26 Å². The molecule has 0 aliphatic rings. The van der Waals surface area contributed by atoms with Gasteiger partial charge >= 0.3 is 0 Å². The van der Waals surface area contributed by atoms with Gasteiger partial charge in [-0.3, -0.25) is 9.78 Å². The van der Waals surface area contributed by atoms with Crippen molar-refractivity contribution in [2.45, 2.75) is 12.8 Å². The maximum atomic E-state index is 12.1. The van der Waals surface area contributed by atoms with Crippen molar-refractivity contribution in [3.63, 3.8) is 0 Å². The maximum absolute atomic E-state index is 12.1. The van der Waals surface area contributed by atoms with Gasteiger partial charge in [-0.15, -0.1) is 0 Å². The Morgan fingerprint density at radius 2 is 2.09 bits per heavy atom. The number of benzene rings is 1. The molecule has 0 unspecified atom stereocenters. The summed E-state index contributed by atoms with van der Waals surface area (Å²) in [5.41, 5.74) is 2.64. The van der Waals surface area contributed by atoms with Crippen LogP contribution in [0.1, 0.15) is 17.5 Å². The minimum Gasteiger partial charge on any atom is -0.384 e. The summed E-state index contributed by atoms with van der Waals surface area (Å²) in [5, 5.41) is 12.0. The van der Waals surface area contributed by atoms with Crippen LogP contribution in [-0.4, -0.2) is 35.9 Å². The molecule has 1 amide bonds. The third-order valence-electron chi connectivity index (χ3n) is 3.57. The molecule has 1 heterocycles. The number of aromatic nitrogens is 1. The van der Waals surface area contributed by atoms with Crippen molar-refractivity contribution in [2.75, 3.05) is 25.5 Å². The number of carbonyl (C=O) groups excluding carboxylic acids is 1. The molecule has 0 bridgehead atoms. The van der Waals surface area contributed by atoms with Gasteiger partial charge in [0.1, 0.15) is 0 Å². The van der Waals surface area contributed by atoms with Crippen LogP contribution in [0.2, 0.25) is 0 Å². The van der Waals surface area contributed by atoms with Crippen molar-refractivity contribution in [3.05, 3.63) is 59.9 Å². The highest BCUT2D eigenvalue weighted by atomic mass is 16.2. The van der Waals surface area contributed by atoms with Gasteiger partial charge in [-0.1, -0.05) is 6.07 Å². The summed E-state index contributed by atoms with van der Waals surface area (Å²) >= 11 is 0. The molecule has 0 spiro atoms. The van der Waals surface area contributed by atoms with Gasteiger partial charge in [0.15, 0.2) is 0 Å². The fraction of sp³-hybridized carbons (Fsp3) is 0.278. The molecule has 0 fully saturated rings. The van der Waals surface area contributed by atoms with Crippen LogP contribution in [0.15, 0.2) is 48.8 Å². The second-order valence-corrected chi connectivity index (χ2v) is 5.29.